The minimum Gasteiger partial charge on any atom is -0.397 e. The second kappa shape index (κ2) is 36.0. The van der Waals surface area contributed by atoms with Crippen LogP contribution >= 0.6 is 0 Å². The highest BCUT2D eigenvalue weighted by molar-refractivity contribution is 6.42. The molecule has 0 radical (unpaired) electrons. The molecule has 0 fully saturated rings. The molecule has 0 aromatic rings. The molecule has 18 heavy (non-hydrogen) atoms. The summed E-state index contributed by atoms with van der Waals surface area (Å²) in [5, 5.41) is 0. The third-order valence-electron chi connectivity index (χ3n) is 1.38. The Morgan fingerprint density at radius 3 is 1.11 bits per heavy atom. The van der Waals surface area contributed by atoms with Gasteiger partial charge in [-0.05, 0) is 46.3 Å². The molecule has 0 aliphatic rings. The average Bonchev–Trinajstić information content (AvgIpc) is 2.42. The van der Waals surface area contributed by atoms with Gasteiger partial charge in [-0.3, -0.25) is 0 Å². The Morgan fingerprint density at radius 1 is 0.778 bits per heavy atom. The van der Waals surface area contributed by atoms with Crippen LogP contribution in [0, 0.1) is 0 Å². The lowest BCUT2D eigenvalue weighted by Gasteiger charge is -2.07. The third-order valence-corrected chi connectivity index (χ3v) is 2.99. The largest absolute Gasteiger partial charge is 0.397 e. The van der Waals surface area contributed by atoms with E-state index in [4.69, 9.17) is 20.3 Å². The molecule has 116 valence electrons. The van der Waals surface area contributed by atoms with Crippen LogP contribution in [0.1, 0.15) is 54.4 Å². The fourth-order valence-corrected chi connectivity index (χ4v) is 1.55. The fraction of sp³-hybridized carbons (Fsp3) is 1.00. The lowest BCUT2D eigenvalue weighted by atomic mass is 10.5. The van der Waals surface area contributed by atoms with Crippen LogP contribution in [0.25, 0.3) is 0 Å². The van der Waals surface area contributed by atoms with Crippen molar-refractivity contribution in [1.29, 1.82) is 0 Å². The molecule has 0 saturated carbocycles. The second-order valence-corrected chi connectivity index (χ2v) is 4.86. The van der Waals surface area contributed by atoms with Crippen LogP contribution in [0.15, 0.2) is 0 Å². The normalized spacial score (nSPS) is 8.33. The van der Waals surface area contributed by atoms with Crippen molar-refractivity contribution < 1.29 is 8.85 Å². The SMILES string of the molecule is CC.CCCN.CCCN.CCO[SiH](C)OCC. The maximum Gasteiger partial charge on any atom is 0.318 e. The van der Waals surface area contributed by atoms with Crippen molar-refractivity contribution >= 4 is 9.28 Å². The summed E-state index contributed by atoms with van der Waals surface area (Å²) < 4.78 is 10.4. The van der Waals surface area contributed by atoms with Gasteiger partial charge in [0.2, 0.25) is 0 Å². The molecule has 4 N–H and O–H groups in total. The predicted molar refractivity (Wildman–Crippen MR) is 86.3 cm³/mol. The van der Waals surface area contributed by atoms with Crippen molar-refractivity contribution in [2.45, 2.75) is 60.9 Å². The van der Waals surface area contributed by atoms with E-state index in [1.807, 2.05) is 34.2 Å². The van der Waals surface area contributed by atoms with Crippen LogP contribution in [0.2, 0.25) is 6.55 Å². The van der Waals surface area contributed by atoms with Gasteiger partial charge in [-0.25, -0.2) is 0 Å². The number of nitrogens with two attached hydrogens (primary N) is 2. The van der Waals surface area contributed by atoms with Crippen molar-refractivity contribution in [3.05, 3.63) is 0 Å². The molecule has 0 atom stereocenters. The molecular formula is C13H38N2O2Si. The van der Waals surface area contributed by atoms with Gasteiger partial charge >= 0.3 is 9.28 Å². The van der Waals surface area contributed by atoms with Crippen molar-refractivity contribution in [3.8, 4) is 0 Å². The molecule has 4 nitrogen and oxygen atoms in total. The molecule has 0 aromatic carbocycles. The smallest absolute Gasteiger partial charge is 0.318 e. The summed E-state index contributed by atoms with van der Waals surface area (Å²) in [4.78, 5) is 0. The zero-order chi connectivity index (χ0) is 15.2. The Kier molecular flexibility index (Phi) is 53.1. The molecule has 0 saturated heterocycles. The third kappa shape index (κ3) is 56.1. The molecular weight excluding hydrogens is 244 g/mol. The van der Waals surface area contributed by atoms with Gasteiger partial charge in [0.05, 0.1) is 0 Å². The van der Waals surface area contributed by atoms with Gasteiger partial charge in [-0.1, -0.05) is 27.7 Å². The molecule has 0 amide bonds. The zero-order valence-corrected chi connectivity index (χ0v) is 14.9. The van der Waals surface area contributed by atoms with E-state index in [0.29, 0.717) is 0 Å². The lowest BCUT2D eigenvalue weighted by Crippen LogP contribution is -2.17. The van der Waals surface area contributed by atoms with E-state index < -0.39 is 9.28 Å². The van der Waals surface area contributed by atoms with E-state index in [9.17, 15) is 0 Å². The number of hydrogen-bond donors (Lipinski definition) is 2. The average molecular weight is 283 g/mol. The van der Waals surface area contributed by atoms with Crippen molar-refractivity contribution in [3.63, 3.8) is 0 Å². The van der Waals surface area contributed by atoms with Crippen LogP contribution in [0.4, 0.5) is 0 Å². The Hall–Kier alpha value is 0.0569. The number of rotatable bonds is 6. The van der Waals surface area contributed by atoms with Gasteiger partial charge in [-0.15, -0.1) is 0 Å². The van der Waals surface area contributed by atoms with E-state index >= 15 is 0 Å². The first-order valence-electron chi connectivity index (χ1n) is 7.27. The van der Waals surface area contributed by atoms with E-state index in [1.165, 1.54) is 0 Å². The maximum absolute atomic E-state index is 5.20. The van der Waals surface area contributed by atoms with E-state index in [2.05, 4.69) is 13.8 Å². The summed E-state index contributed by atoms with van der Waals surface area (Å²) in [5.41, 5.74) is 10.1. The molecule has 0 rings (SSSR count). The van der Waals surface area contributed by atoms with E-state index in [0.717, 1.165) is 39.1 Å². The monoisotopic (exact) mass is 282 g/mol. The summed E-state index contributed by atoms with van der Waals surface area (Å²) >= 11 is 0. The van der Waals surface area contributed by atoms with Gasteiger partial charge in [-0.2, -0.15) is 0 Å². The highest BCUT2D eigenvalue weighted by Gasteiger charge is 1.99. The van der Waals surface area contributed by atoms with Gasteiger partial charge in [0.15, 0.2) is 0 Å². The highest BCUT2D eigenvalue weighted by Crippen LogP contribution is 1.85. The summed E-state index contributed by atoms with van der Waals surface area (Å²) in [6, 6.07) is 0. The summed E-state index contributed by atoms with van der Waals surface area (Å²) in [6.07, 6.45) is 2.19. The minimum absolute atomic E-state index is 0.785. The first-order chi connectivity index (χ1) is 8.64. The molecule has 5 heteroatoms. The van der Waals surface area contributed by atoms with Crippen LogP contribution in [-0.4, -0.2) is 35.6 Å². The van der Waals surface area contributed by atoms with Crippen LogP contribution in [-0.2, 0) is 8.85 Å². The zero-order valence-electron chi connectivity index (χ0n) is 13.8. The Bertz CT molecular complexity index is 85.1. The summed E-state index contributed by atoms with van der Waals surface area (Å²) in [7, 11) is -1.20. The van der Waals surface area contributed by atoms with Crippen molar-refractivity contribution in [2.24, 2.45) is 11.5 Å². The highest BCUT2D eigenvalue weighted by atomic mass is 28.3. The standard InChI is InChI=1S/C5H14O2Si.2C3H9N.C2H6/c1-4-6-8(3)7-5-2;2*1-2-3-4;1-2/h8H,4-5H2,1-3H3;2*2-4H2,1H3;1-2H3. The Labute approximate surface area is 117 Å². The van der Waals surface area contributed by atoms with Gasteiger partial charge < -0.3 is 20.3 Å². The molecule has 0 aliphatic heterocycles. The molecule has 0 aliphatic carbocycles. The van der Waals surface area contributed by atoms with Crippen molar-refractivity contribution in [2.75, 3.05) is 26.3 Å². The molecule has 0 bridgehead atoms. The van der Waals surface area contributed by atoms with Crippen molar-refractivity contribution in [1.82, 2.24) is 0 Å². The Balaban J connectivity index is -0.0000000834. The van der Waals surface area contributed by atoms with Gasteiger partial charge in [0.25, 0.3) is 0 Å². The maximum atomic E-state index is 5.20. The summed E-state index contributed by atoms with van der Waals surface area (Å²) in [6.45, 7) is 17.3. The van der Waals surface area contributed by atoms with Gasteiger partial charge in [0, 0.05) is 13.2 Å². The topological polar surface area (TPSA) is 70.5 Å². The van der Waals surface area contributed by atoms with Crippen LogP contribution < -0.4 is 11.5 Å². The number of hydrogen-bond acceptors (Lipinski definition) is 4. The molecule has 0 spiro atoms. The molecule has 0 unspecified atom stereocenters. The Morgan fingerprint density at radius 2 is 1.00 bits per heavy atom. The van der Waals surface area contributed by atoms with Crippen LogP contribution in [0.3, 0.4) is 0 Å². The quantitative estimate of drug-likeness (QED) is 0.735. The molecule has 0 aromatic heterocycles. The lowest BCUT2D eigenvalue weighted by molar-refractivity contribution is 0.219. The minimum atomic E-state index is -1.20. The summed E-state index contributed by atoms with van der Waals surface area (Å²) in [5.74, 6) is 0. The first kappa shape index (κ1) is 26.6. The second-order valence-electron chi connectivity index (χ2n) is 3.06. The van der Waals surface area contributed by atoms with Crippen LogP contribution in [0.5, 0.6) is 0 Å². The predicted octanol–water partition coefficient (Wildman–Crippen LogP) is 2.65. The van der Waals surface area contributed by atoms with E-state index in [1.54, 1.807) is 0 Å². The van der Waals surface area contributed by atoms with E-state index in [-0.39, 0.29) is 0 Å². The fourth-order valence-electron chi connectivity index (χ4n) is 0.518. The van der Waals surface area contributed by atoms with Gasteiger partial charge in [0.1, 0.15) is 0 Å². The molecule has 0 heterocycles. The first-order valence-corrected chi connectivity index (χ1v) is 9.37.